The molecule has 1 fully saturated rings. The first-order valence-corrected chi connectivity index (χ1v) is 8.29. The number of hydrogen-bond donors (Lipinski definition) is 1. The lowest BCUT2D eigenvalue weighted by Gasteiger charge is -2.34. The second-order valence-corrected chi connectivity index (χ2v) is 6.45. The molecule has 8 heteroatoms. The molecule has 2 aromatic rings. The van der Waals surface area contributed by atoms with Crippen molar-refractivity contribution in [3.05, 3.63) is 15.7 Å². The van der Waals surface area contributed by atoms with Gasteiger partial charge in [0.25, 0.3) is 5.89 Å². The maximum absolute atomic E-state index is 6.08. The molecule has 2 aromatic heterocycles. The van der Waals surface area contributed by atoms with Crippen molar-refractivity contribution in [3.8, 4) is 11.5 Å². The molecule has 1 N–H and O–H groups in total. The molecule has 114 valence electrons. The van der Waals surface area contributed by atoms with Crippen LogP contribution in [-0.2, 0) is 10.3 Å². The molecule has 1 saturated heterocycles. The summed E-state index contributed by atoms with van der Waals surface area (Å²) in [6.07, 6.45) is 2.59. The van der Waals surface area contributed by atoms with Gasteiger partial charge in [-0.3, -0.25) is 0 Å². The van der Waals surface area contributed by atoms with E-state index in [1.807, 2.05) is 0 Å². The zero-order valence-corrected chi connectivity index (χ0v) is 13.3. The van der Waals surface area contributed by atoms with Gasteiger partial charge in [0.1, 0.15) is 15.6 Å². The Labute approximate surface area is 131 Å². The van der Waals surface area contributed by atoms with Crippen LogP contribution in [0.5, 0.6) is 0 Å². The van der Waals surface area contributed by atoms with Crippen LogP contribution in [0.15, 0.2) is 10.0 Å². The minimum Gasteiger partial charge on any atom is -0.365 e. The molecular formula is C13H17ClN4O2S. The number of piperidine rings is 1. The van der Waals surface area contributed by atoms with E-state index in [0.29, 0.717) is 28.4 Å². The monoisotopic (exact) mass is 328 g/mol. The van der Waals surface area contributed by atoms with Gasteiger partial charge in [0.15, 0.2) is 0 Å². The smallest absolute Gasteiger partial charge is 0.259 e. The third kappa shape index (κ3) is 2.96. The molecule has 0 spiro atoms. The van der Waals surface area contributed by atoms with Crippen molar-refractivity contribution in [2.45, 2.75) is 31.8 Å². The van der Waals surface area contributed by atoms with E-state index >= 15 is 0 Å². The molecule has 0 amide bonds. The van der Waals surface area contributed by atoms with Crippen LogP contribution in [0.4, 0.5) is 0 Å². The van der Waals surface area contributed by atoms with Gasteiger partial charge >= 0.3 is 0 Å². The van der Waals surface area contributed by atoms with E-state index in [-0.39, 0.29) is 0 Å². The molecule has 0 aromatic carbocycles. The van der Waals surface area contributed by atoms with E-state index in [1.54, 1.807) is 5.51 Å². The lowest BCUT2D eigenvalue weighted by Crippen LogP contribution is -2.42. The summed E-state index contributed by atoms with van der Waals surface area (Å²) in [4.78, 5) is 8.67. The van der Waals surface area contributed by atoms with Gasteiger partial charge in [0, 0.05) is 6.61 Å². The third-order valence-electron chi connectivity index (χ3n) is 3.55. The van der Waals surface area contributed by atoms with Crippen molar-refractivity contribution in [3.63, 3.8) is 0 Å². The van der Waals surface area contributed by atoms with Gasteiger partial charge in [-0.1, -0.05) is 23.7 Å². The summed E-state index contributed by atoms with van der Waals surface area (Å²) in [5, 5.41) is 7.35. The number of ether oxygens (including phenoxy) is 1. The summed E-state index contributed by atoms with van der Waals surface area (Å²) in [5.74, 6) is 0.950. The van der Waals surface area contributed by atoms with Crippen molar-refractivity contribution < 1.29 is 9.26 Å². The van der Waals surface area contributed by atoms with E-state index in [0.717, 1.165) is 32.4 Å². The summed E-state index contributed by atoms with van der Waals surface area (Å²) in [7, 11) is 0. The van der Waals surface area contributed by atoms with Crippen molar-refractivity contribution in [2.75, 3.05) is 19.7 Å². The van der Waals surface area contributed by atoms with Gasteiger partial charge in [-0.05, 0) is 32.4 Å². The highest BCUT2D eigenvalue weighted by Gasteiger charge is 2.40. The van der Waals surface area contributed by atoms with Crippen LogP contribution >= 0.6 is 22.9 Å². The summed E-state index contributed by atoms with van der Waals surface area (Å²) in [5.41, 5.74) is 1.74. The Kier molecular flexibility index (Phi) is 4.54. The van der Waals surface area contributed by atoms with Crippen LogP contribution in [-0.4, -0.2) is 34.8 Å². The van der Waals surface area contributed by atoms with Crippen LogP contribution < -0.4 is 5.32 Å². The minimum absolute atomic E-state index is 0.425. The number of aromatic nitrogens is 3. The van der Waals surface area contributed by atoms with Crippen LogP contribution in [0.1, 0.15) is 32.1 Å². The van der Waals surface area contributed by atoms with E-state index in [9.17, 15) is 0 Å². The zero-order valence-electron chi connectivity index (χ0n) is 11.8. The fourth-order valence-electron chi connectivity index (χ4n) is 2.43. The summed E-state index contributed by atoms with van der Waals surface area (Å²) < 4.78 is 12.1. The number of thiazole rings is 1. The van der Waals surface area contributed by atoms with E-state index in [2.05, 4.69) is 27.4 Å². The van der Waals surface area contributed by atoms with Gasteiger partial charge in [-0.15, -0.1) is 11.3 Å². The maximum atomic E-state index is 6.08. The maximum Gasteiger partial charge on any atom is 0.259 e. The van der Waals surface area contributed by atoms with Crippen LogP contribution in [0, 0.1) is 0 Å². The van der Waals surface area contributed by atoms with Crippen LogP contribution in [0.25, 0.3) is 11.5 Å². The SMILES string of the molecule is CCCOC1(c2nc(-c3ncsc3Cl)no2)CCNCC1. The summed E-state index contributed by atoms with van der Waals surface area (Å²) in [6, 6.07) is 0. The van der Waals surface area contributed by atoms with Gasteiger partial charge in [-0.25, -0.2) is 4.98 Å². The van der Waals surface area contributed by atoms with E-state index in [1.165, 1.54) is 11.3 Å². The molecule has 0 unspecified atom stereocenters. The van der Waals surface area contributed by atoms with Crippen LogP contribution in [0.2, 0.25) is 4.34 Å². The molecular weight excluding hydrogens is 312 g/mol. The van der Waals surface area contributed by atoms with Gasteiger partial charge in [0.2, 0.25) is 5.82 Å². The van der Waals surface area contributed by atoms with E-state index < -0.39 is 5.60 Å². The normalized spacial score (nSPS) is 18.0. The quantitative estimate of drug-likeness (QED) is 0.909. The molecule has 0 atom stereocenters. The lowest BCUT2D eigenvalue weighted by atomic mass is 9.92. The molecule has 3 heterocycles. The predicted molar refractivity (Wildman–Crippen MR) is 80.4 cm³/mol. The Bertz CT molecular complexity index is 595. The molecule has 6 nitrogen and oxygen atoms in total. The van der Waals surface area contributed by atoms with Crippen molar-refractivity contribution in [2.24, 2.45) is 0 Å². The number of nitrogens with zero attached hydrogens (tertiary/aromatic N) is 3. The first-order valence-electron chi connectivity index (χ1n) is 7.03. The van der Waals surface area contributed by atoms with Crippen molar-refractivity contribution in [1.82, 2.24) is 20.4 Å². The molecule has 1 aliphatic heterocycles. The van der Waals surface area contributed by atoms with Gasteiger partial charge in [0.05, 0.1) is 5.51 Å². The topological polar surface area (TPSA) is 73.1 Å². The van der Waals surface area contributed by atoms with Gasteiger partial charge < -0.3 is 14.6 Å². The molecule has 1 aliphatic rings. The largest absolute Gasteiger partial charge is 0.365 e. The highest BCUT2D eigenvalue weighted by Crippen LogP contribution is 2.36. The van der Waals surface area contributed by atoms with Crippen LogP contribution in [0.3, 0.4) is 0 Å². The Morgan fingerprint density at radius 1 is 1.48 bits per heavy atom. The number of halogens is 1. The Morgan fingerprint density at radius 2 is 2.29 bits per heavy atom. The first-order chi connectivity index (χ1) is 10.2. The molecule has 21 heavy (non-hydrogen) atoms. The number of rotatable bonds is 5. The Hall–Kier alpha value is -1.02. The first kappa shape index (κ1) is 14.9. The second kappa shape index (κ2) is 6.39. The average molecular weight is 329 g/mol. The standard InChI is InChI=1S/C13H17ClN4O2S/c1-2-7-19-13(3-5-15-6-4-13)12-17-11(18-20-12)9-10(14)21-8-16-9/h8,15H,2-7H2,1H3. The second-order valence-electron chi connectivity index (χ2n) is 4.99. The predicted octanol–water partition coefficient (Wildman–Crippen LogP) is 2.85. The summed E-state index contributed by atoms with van der Waals surface area (Å²) in [6.45, 7) is 4.51. The van der Waals surface area contributed by atoms with Crippen molar-refractivity contribution in [1.29, 1.82) is 0 Å². The molecule has 0 aliphatic carbocycles. The summed E-state index contributed by atoms with van der Waals surface area (Å²) >= 11 is 7.43. The zero-order chi connectivity index (χ0) is 14.7. The van der Waals surface area contributed by atoms with Crippen molar-refractivity contribution >= 4 is 22.9 Å². The molecule has 0 bridgehead atoms. The highest BCUT2D eigenvalue weighted by atomic mass is 35.5. The highest BCUT2D eigenvalue weighted by molar-refractivity contribution is 7.14. The van der Waals surface area contributed by atoms with Gasteiger partial charge in [-0.2, -0.15) is 4.98 Å². The lowest BCUT2D eigenvalue weighted by molar-refractivity contribution is -0.0909. The van der Waals surface area contributed by atoms with E-state index in [4.69, 9.17) is 20.9 Å². The fraction of sp³-hybridized carbons (Fsp3) is 0.615. The number of nitrogens with one attached hydrogen (secondary N) is 1. The Morgan fingerprint density at radius 3 is 2.95 bits per heavy atom. The minimum atomic E-state index is -0.491. The third-order valence-corrected chi connectivity index (χ3v) is 4.60. The Balaban J connectivity index is 1.89. The molecule has 0 radical (unpaired) electrons. The number of hydrogen-bond acceptors (Lipinski definition) is 7. The average Bonchev–Trinajstić information content (AvgIpc) is 3.15. The molecule has 3 rings (SSSR count). The fourth-order valence-corrected chi connectivity index (χ4v) is 3.19. The molecule has 0 saturated carbocycles.